The second-order valence-electron chi connectivity index (χ2n) is 6.80. The maximum atomic E-state index is 12.7. The van der Waals surface area contributed by atoms with E-state index in [0.717, 1.165) is 39.3 Å². The van der Waals surface area contributed by atoms with Gasteiger partial charge >= 0.3 is 11.9 Å². The molecule has 0 saturated carbocycles. The van der Waals surface area contributed by atoms with E-state index in [1.54, 1.807) is 6.07 Å². The van der Waals surface area contributed by atoms with Gasteiger partial charge in [0.2, 0.25) is 11.8 Å². The van der Waals surface area contributed by atoms with E-state index in [1.165, 1.54) is 12.3 Å². The molecule has 2 heterocycles. The van der Waals surface area contributed by atoms with Gasteiger partial charge in [-0.1, -0.05) is 35.4 Å². The third kappa shape index (κ3) is 6.44. The molecular formula is C19H24N4O6S2. The smallest absolute Gasteiger partial charge is 0.318 e. The number of imide groups is 1. The number of nitrogens with two attached hydrogens (primary N) is 1. The van der Waals surface area contributed by atoms with Gasteiger partial charge in [0.1, 0.15) is 22.2 Å². The first-order valence-corrected chi connectivity index (χ1v) is 11.9. The Morgan fingerprint density at radius 1 is 1.29 bits per heavy atom. The van der Waals surface area contributed by atoms with Crippen LogP contribution in [-0.4, -0.2) is 55.3 Å². The summed E-state index contributed by atoms with van der Waals surface area (Å²) >= 11 is 0. The lowest BCUT2D eigenvalue weighted by atomic mass is 10.0. The molecule has 4 N–H and O–H groups in total. The molecule has 0 radical (unpaired) electrons. The van der Waals surface area contributed by atoms with Gasteiger partial charge in [-0.05, 0) is 25.0 Å². The van der Waals surface area contributed by atoms with Crippen LogP contribution in [0.1, 0.15) is 39.5 Å². The number of carboxylic acid groups (broad SMARTS) is 2. The van der Waals surface area contributed by atoms with Crippen molar-refractivity contribution in [3.05, 3.63) is 18.3 Å². The molecule has 1 aliphatic rings. The molecule has 1 fully saturated rings. The first-order chi connectivity index (χ1) is 14.7. The van der Waals surface area contributed by atoms with E-state index in [-0.39, 0.29) is 18.2 Å². The highest BCUT2D eigenvalue weighted by atomic mass is 33.1. The molecule has 1 aromatic rings. The number of anilines is 1. The summed E-state index contributed by atoms with van der Waals surface area (Å²) < 4.78 is 0. The van der Waals surface area contributed by atoms with Crippen molar-refractivity contribution in [1.29, 1.82) is 0 Å². The van der Waals surface area contributed by atoms with E-state index < -0.39 is 40.7 Å². The van der Waals surface area contributed by atoms with Crippen LogP contribution >= 0.6 is 21.6 Å². The normalized spacial score (nSPS) is 18.0. The van der Waals surface area contributed by atoms with Crippen molar-refractivity contribution in [1.82, 2.24) is 4.98 Å². The molecule has 31 heavy (non-hydrogen) atoms. The zero-order chi connectivity index (χ0) is 23.1. The standard InChI is InChI=1S/C19H24N4O6S2/c1-3-10(4-2)17(20)22-11-5-6-14(21-9-11)23-15(24)7-12(18(23)27)30-31-13(19(28)29)8-16(25)26/h5-6,9-10,12-13H,3-4,7-8H2,1-2H3,(H2,20,22)(H,25,26)(H,28,29). The molecule has 1 aliphatic heterocycles. The SMILES string of the molecule is CCC(CC)C(N)=Nc1ccc(N2C(=O)CC(SSC(CC(=O)O)C(=O)O)C2=O)nc1. The van der Waals surface area contributed by atoms with Gasteiger partial charge in [0.25, 0.3) is 0 Å². The van der Waals surface area contributed by atoms with Gasteiger partial charge in [-0.15, -0.1) is 0 Å². The van der Waals surface area contributed by atoms with Crippen molar-refractivity contribution >= 4 is 62.7 Å². The number of carbonyl (C=O) groups excluding carboxylic acids is 2. The second-order valence-corrected chi connectivity index (χ2v) is 9.48. The van der Waals surface area contributed by atoms with Crippen LogP contribution in [0.2, 0.25) is 0 Å². The van der Waals surface area contributed by atoms with Crippen LogP contribution in [0.4, 0.5) is 11.5 Å². The predicted molar refractivity (Wildman–Crippen MR) is 119 cm³/mol. The molecule has 2 atom stereocenters. The average molecular weight is 469 g/mol. The molecular weight excluding hydrogens is 444 g/mol. The number of amidine groups is 1. The number of hydrogen-bond donors (Lipinski definition) is 3. The summed E-state index contributed by atoms with van der Waals surface area (Å²) in [6.45, 7) is 4.05. The molecule has 10 nitrogen and oxygen atoms in total. The Bertz CT molecular complexity index is 873. The molecule has 2 amide bonds. The fourth-order valence-corrected chi connectivity index (χ4v) is 5.57. The summed E-state index contributed by atoms with van der Waals surface area (Å²) in [6.07, 6.45) is 2.43. The minimum Gasteiger partial charge on any atom is -0.481 e. The van der Waals surface area contributed by atoms with Gasteiger partial charge in [-0.25, -0.2) is 14.9 Å². The Morgan fingerprint density at radius 2 is 1.97 bits per heavy atom. The number of rotatable bonds is 11. The van der Waals surface area contributed by atoms with E-state index in [9.17, 15) is 19.2 Å². The fourth-order valence-electron chi connectivity index (χ4n) is 2.90. The Kier molecular flexibility index (Phi) is 8.87. The summed E-state index contributed by atoms with van der Waals surface area (Å²) in [4.78, 5) is 56.4. The molecule has 1 aromatic heterocycles. The first kappa shape index (κ1) is 24.7. The summed E-state index contributed by atoms with van der Waals surface area (Å²) in [6, 6.07) is 3.11. The summed E-state index contributed by atoms with van der Waals surface area (Å²) in [5.41, 5.74) is 6.53. The van der Waals surface area contributed by atoms with Crippen molar-refractivity contribution in [3.63, 3.8) is 0 Å². The minimum atomic E-state index is -1.29. The van der Waals surface area contributed by atoms with Gasteiger partial charge < -0.3 is 15.9 Å². The summed E-state index contributed by atoms with van der Waals surface area (Å²) in [5.74, 6) is -2.74. The van der Waals surface area contributed by atoms with E-state index in [2.05, 4.69) is 9.98 Å². The Hall–Kier alpha value is -2.60. The van der Waals surface area contributed by atoms with Crippen LogP contribution in [-0.2, 0) is 19.2 Å². The van der Waals surface area contributed by atoms with E-state index >= 15 is 0 Å². The molecule has 1 saturated heterocycles. The average Bonchev–Trinajstić information content (AvgIpc) is 2.99. The van der Waals surface area contributed by atoms with Crippen molar-refractivity contribution in [2.75, 3.05) is 4.90 Å². The number of aliphatic imine (C=N–C) groups is 1. The van der Waals surface area contributed by atoms with Gasteiger partial charge in [-0.2, -0.15) is 0 Å². The van der Waals surface area contributed by atoms with Crippen LogP contribution in [0.3, 0.4) is 0 Å². The predicted octanol–water partition coefficient (Wildman–Crippen LogP) is 2.45. The molecule has 0 spiro atoms. The lowest BCUT2D eigenvalue weighted by Crippen LogP contribution is -2.31. The lowest BCUT2D eigenvalue weighted by Gasteiger charge is -2.15. The molecule has 0 bridgehead atoms. The number of amides is 2. The van der Waals surface area contributed by atoms with Crippen molar-refractivity contribution in [2.24, 2.45) is 16.6 Å². The molecule has 0 aliphatic carbocycles. The molecule has 2 unspecified atom stereocenters. The zero-order valence-corrected chi connectivity index (χ0v) is 18.7. The highest BCUT2D eigenvalue weighted by molar-refractivity contribution is 8.77. The molecule has 168 valence electrons. The zero-order valence-electron chi connectivity index (χ0n) is 17.1. The van der Waals surface area contributed by atoms with Crippen LogP contribution in [0.25, 0.3) is 0 Å². The largest absolute Gasteiger partial charge is 0.481 e. The topological polar surface area (TPSA) is 163 Å². The van der Waals surface area contributed by atoms with Crippen LogP contribution in [0, 0.1) is 5.92 Å². The minimum absolute atomic E-state index is 0.126. The maximum absolute atomic E-state index is 12.7. The van der Waals surface area contributed by atoms with Crippen LogP contribution in [0.5, 0.6) is 0 Å². The van der Waals surface area contributed by atoms with Crippen molar-refractivity contribution in [3.8, 4) is 0 Å². The number of pyridine rings is 1. The van der Waals surface area contributed by atoms with E-state index in [0.29, 0.717) is 11.5 Å². The molecule has 2 rings (SSSR count). The third-order valence-electron chi connectivity index (χ3n) is 4.65. The quantitative estimate of drug-likeness (QED) is 0.190. The van der Waals surface area contributed by atoms with E-state index in [4.69, 9.17) is 15.9 Å². The van der Waals surface area contributed by atoms with E-state index in [1.807, 2.05) is 13.8 Å². The number of hydrogen-bond acceptors (Lipinski definition) is 8. The number of nitrogens with zero attached hydrogens (tertiary/aromatic N) is 3. The number of carboxylic acids is 2. The highest BCUT2D eigenvalue weighted by Crippen LogP contribution is 2.39. The monoisotopic (exact) mass is 468 g/mol. The second kappa shape index (κ2) is 11.1. The molecule has 12 heteroatoms. The third-order valence-corrected chi connectivity index (χ3v) is 7.69. The van der Waals surface area contributed by atoms with Crippen molar-refractivity contribution in [2.45, 2.75) is 50.0 Å². The Labute approximate surface area is 187 Å². The maximum Gasteiger partial charge on any atom is 0.318 e. The Balaban J connectivity index is 2.08. The van der Waals surface area contributed by atoms with Crippen LogP contribution in [0.15, 0.2) is 23.3 Å². The van der Waals surface area contributed by atoms with Gasteiger partial charge in [-0.3, -0.25) is 19.2 Å². The first-order valence-electron chi connectivity index (χ1n) is 9.61. The van der Waals surface area contributed by atoms with Gasteiger partial charge in [0, 0.05) is 12.3 Å². The summed E-state index contributed by atoms with van der Waals surface area (Å²) in [7, 11) is 1.65. The van der Waals surface area contributed by atoms with Crippen molar-refractivity contribution < 1.29 is 29.4 Å². The van der Waals surface area contributed by atoms with Gasteiger partial charge in [0.05, 0.1) is 18.3 Å². The number of aromatic nitrogens is 1. The Morgan fingerprint density at radius 3 is 2.48 bits per heavy atom. The van der Waals surface area contributed by atoms with Crippen LogP contribution < -0.4 is 10.6 Å². The molecule has 0 aromatic carbocycles. The summed E-state index contributed by atoms with van der Waals surface area (Å²) in [5, 5.41) is 15.9. The number of carbonyl (C=O) groups is 4. The lowest BCUT2D eigenvalue weighted by molar-refractivity contribution is -0.142. The number of aliphatic carboxylic acids is 2. The fraction of sp³-hybridized carbons (Fsp3) is 0.474. The highest BCUT2D eigenvalue weighted by Gasteiger charge is 2.41. The van der Waals surface area contributed by atoms with Gasteiger partial charge in [0.15, 0.2) is 0 Å².